The van der Waals surface area contributed by atoms with Crippen molar-refractivity contribution in [2.75, 3.05) is 6.61 Å². The van der Waals surface area contributed by atoms with E-state index in [1.165, 1.54) is 6.07 Å². The third-order valence-corrected chi connectivity index (χ3v) is 4.49. The summed E-state index contributed by atoms with van der Waals surface area (Å²) in [5, 5.41) is 0. The molecule has 1 rings (SSSR count). The molecular formula is C15H24BNO3S. The van der Waals surface area contributed by atoms with Gasteiger partial charge in [-0.2, -0.15) is 0 Å². The number of hydrogen-bond donors (Lipinski definition) is 1. The lowest BCUT2D eigenvalue weighted by Crippen LogP contribution is -2.42. The molecule has 0 aromatic heterocycles. The fourth-order valence-electron chi connectivity index (χ4n) is 1.71. The normalized spacial score (nSPS) is 12.7. The van der Waals surface area contributed by atoms with E-state index in [1.54, 1.807) is 32.9 Å². The minimum atomic E-state index is -3.67. The van der Waals surface area contributed by atoms with E-state index in [9.17, 15) is 8.42 Å². The molecule has 0 saturated heterocycles. The Labute approximate surface area is 129 Å². The van der Waals surface area contributed by atoms with Crippen molar-refractivity contribution in [1.82, 2.24) is 4.72 Å². The van der Waals surface area contributed by atoms with Crippen LogP contribution in [0.1, 0.15) is 41.0 Å². The number of ether oxygens (including phenoxy) is 1. The summed E-state index contributed by atoms with van der Waals surface area (Å²) in [4.78, 5) is 0.0551. The van der Waals surface area contributed by atoms with E-state index in [-0.39, 0.29) is 10.4 Å². The molecule has 0 spiro atoms. The van der Waals surface area contributed by atoms with Crippen LogP contribution in [0.15, 0.2) is 23.1 Å². The summed E-state index contributed by atoms with van der Waals surface area (Å²) in [5.74, 6) is 1.05. The summed E-state index contributed by atoms with van der Waals surface area (Å²) in [6.45, 7) is 10.1. The van der Waals surface area contributed by atoms with E-state index in [1.807, 2.05) is 0 Å². The highest BCUT2D eigenvalue weighted by atomic mass is 32.2. The van der Waals surface area contributed by atoms with Gasteiger partial charge in [-0.25, -0.2) is 13.1 Å². The van der Waals surface area contributed by atoms with Crippen molar-refractivity contribution < 1.29 is 13.2 Å². The predicted octanol–water partition coefficient (Wildman–Crippen LogP) is 1.98. The van der Waals surface area contributed by atoms with E-state index < -0.39 is 15.6 Å². The van der Waals surface area contributed by atoms with Crippen molar-refractivity contribution in [3.8, 4) is 5.75 Å². The molecule has 0 amide bonds. The smallest absolute Gasteiger partial charge is 0.240 e. The maximum absolute atomic E-state index is 12.4. The molecular weight excluding hydrogens is 285 g/mol. The molecule has 6 heteroatoms. The second-order valence-electron chi connectivity index (χ2n) is 6.59. The molecule has 1 aromatic rings. The van der Waals surface area contributed by atoms with Crippen LogP contribution in [0.3, 0.4) is 0 Å². The highest BCUT2D eigenvalue weighted by Gasteiger charge is 2.23. The summed E-state index contributed by atoms with van der Waals surface area (Å²) in [7, 11) is 2.13. The Morgan fingerprint density at radius 3 is 2.43 bits per heavy atom. The number of sulfonamides is 1. The van der Waals surface area contributed by atoms with Crippen LogP contribution >= 0.6 is 0 Å². The maximum atomic E-state index is 12.4. The molecule has 0 bridgehead atoms. The highest BCUT2D eigenvalue weighted by molar-refractivity contribution is 7.89. The van der Waals surface area contributed by atoms with Crippen LogP contribution in [0.25, 0.3) is 0 Å². The summed E-state index contributed by atoms with van der Waals surface area (Å²) < 4.78 is 32.9. The first-order valence-corrected chi connectivity index (χ1v) is 8.56. The second kappa shape index (κ2) is 6.84. The monoisotopic (exact) mass is 309 g/mol. The molecule has 0 aliphatic rings. The van der Waals surface area contributed by atoms with Gasteiger partial charge in [0.2, 0.25) is 10.0 Å². The molecule has 1 aromatic carbocycles. The Hall–Kier alpha value is -1.01. The lowest BCUT2D eigenvalue weighted by atomic mass is 9.96. The summed E-state index contributed by atoms with van der Waals surface area (Å²) in [6, 6.07) is 4.72. The molecule has 1 N–H and O–H groups in total. The molecule has 21 heavy (non-hydrogen) atoms. The van der Waals surface area contributed by atoms with Gasteiger partial charge < -0.3 is 4.74 Å². The maximum Gasteiger partial charge on any atom is 0.240 e. The number of rotatable bonds is 6. The quantitative estimate of drug-likeness (QED) is 0.818. The van der Waals surface area contributed by atoms with Crippen molar-refractivity contribution in [3.05, 3.63) is 18.2 Å². The Bertz CT molecular complexity index is 577. The third-order valence-electron chi connectivity index (χ3n) is 2.68. The van der Waals surface area contributed by atoms with E-state index in [0.717, 1.165) is 6.42 Å². The summed E-state index contributed by atoms with van der Waals surface area (Å²) in [6.07, 6.45) is 0.909. The van der Waals surface area contributed by atoms with Crippen molar-refractivity contribution >= 4 is 23.3 Å². The highest BCUT2D eigenvalue weighted by Crippen LogP contribution is 2.18. The molecule has 0 saturated carbocycles. The van der Waals surface area contributed by atoms with Gasteiger partial charge in [0, 0.05) is 5.54 Å². The minimum Gasteiger partial charge on any atom is -0.494 e. The van der Waals surface area contributed by atoms with Crippen molar-refractivity contribution in [1.29, 1.82) is 0 Å². The fourth-order valence-corrected chi connectivity index (χ4v) is 3.27. The molecule has 0 unspecified atom stereocenters. The first kappa shape index (κ1) is 18.0. The van der Waals surface area contributed by atoms with Crippen LogP contribution in [-0.4, -0.2) is 28.4 Å². The molecule has 0 aliphatic heterocycles. The largest absolute Gasteiger partial charge is 0.494 e. The number of benzene rings is 1. The molecule has 4 nitrogen and oxygen atoms in total. The van der Waals surface area contributed by atoms with Gasteiger partial charge in [0.15, 0.2) is 0 Å². The van der Waals surface area contributed by atoms with Gasteiger partial charge in [0.1, 0.15) is 13.6 Å². The van der Waals surface area contributed by atoms with Gasteiger partial charge in [-0.05, 0) is 45.2 Å². The predicted molar refractivity (Wildman–Crippen MR) is 86.9 cm³/mol. The van der Waals surface area contributed by atoms with Crippen LogP contribution < -0.4 is 14.9 Å². The second-order valence-corrected chi connectivity index (χ2v) is 8.24. The fraction of sp³-hybridized carbons (Fsp3) is 0.600. The van der Waals surface area contributed by atoms with Gasteiger partial charge >= 0.3 is 0 Å². The van der Waals surface area contributed by atoms with Gasteiger partial charge in [0.25, 0.3) is 0 Å². The van der Waals surface area contributed by atoms with Crippen LogP contribution in [-0.2, 0) is 10.0 Å². The van der Waals surface area contributed by atoms with Crippen molar-refractivity contribution in [2.45, 2.75) is 51.5 Å². The van der Waals surface area contributed by atoms with Gasteiger partial charge in [0.05, 0.1) is 11.5 Å². The minimum absolute atomic E-state index is 0.0551. The van der Waals surface area contributed by atoms with Gasteiger partial charge in [-0.1, -0.05) is 25.4 Å². The zero-order valence-electron chi connectivity index (χ0n) is 13.4. The van der Waals surface area contributed by atoms with Crippen LogP contribution in [0.2, 0.25) is 0 Å². The summed E-state index contributed by atoms with van der Waals surface area (Å²) >= 11 is 0. The zero-order chi connectivity index (χ0) is 16.3. The first-order chi connectivity index (χ1) is 9.51. The van der Waals surface area contributed by atoms with Gasteiger partial charge in [-0.3, -0.25) is 0 Å². The zero-order valence-corrected chi connectivity index (χ0v) is 14.3. The molecule has 0 fully saturated rings. The van der Waals surface area contributed by atoms with E-state index in [0.29, 0.717) is 18.3 Å². The van der Waals surface area contributed by atoms with Crippen molar-refractivity contribution in [2.24, 2.45) is 5.92 Å². The number of nitrogens with one attached hydrogen (secondary N) is 1. The molecule has 2 radical (unpaired) electrons. The van der Waals surface area contributed by atoms with Crippen LogP contribution in [0.4, 0.5) is 0 Å². The standard InChI is InChI=1S/C15H24BNO3S/c1-11(2)8-9-20-12-6-7-13(16)14(10-12)21(18,19)17-15(3,4)5/h6-7,10-11,17H,8-9H2,1-5H3. The van der Waals surface area contributed by atoms with Crippen LogP contribution in [0.5, 0.6) is 5.75 Å². The van der Waals surface area contributed by atoms with Crippen LogP contribution in [0, 0.1) is 5.92 Å². The van der Waals surface area contributed by atoms with Crippen molar-refractivity contribution in [3.63, 3.8) is 0 Å². The Morgan fingerprint density at radius 2 is 1.90 bits per heavy atom. The Morgan fingerprint density at radius 1 is 1.29 bits per heavy atom. The lowest BCUT2D eigenvalue weighted by Gasteiger charge is -2.21. The molecule has 0 atom stereocenters. The average molecular weight is 309 g/mol. The number of hydrogen-bond acceptors (Lipinski definition) is 3. The SMILES string of the molecule is [B]c1ccc(OCCC(C)C)cc1S(=O)(=O)NC(C)(C)C. The Balaban J connectivity index is 2.97. The summed E-state index contributed by atoms with van der Waals surface area (Å²) in [5.41, 5.74) is -0.359. The van der Waals surface area contributed by atoms with E-state index >= 15 is 0 Å². The molecule has 0 heterocycles. The topological polar surface area (TPSA) is 55.4 Å². The third kappa shape index (κ3) is 6.10. The lowest BCUT2D eigenvalue weighted by molar-refractivity contribution is 0.289. The first-order valence-electron chi connectivity index (χ1n) is 7.07. The Kier molecular flexibility index (Phi) is 5.87. The molecule has 0 aliphatic carbocycles. The van der Waals surface area contributed by atoms with Gasteiger partial charge in [-0.15, -0.1) is 0 Å². The van der Waals surface area contributed by atoms with E-state index in [4.69, 9.17) is 12.6 Å². The average Bonchev–Trinajstić information content (AvgIpc) is 2.27. The van der Waals surface area contributed by atoms with E-state index in [2.05, 4.69) is 18.6 Å². The molecule has 116 valence electrons.